The highest BCUT2D eigenvalue weighted by Gasteiger charge is 2.16. The molecule has 4 nitrogen and oxygen atoms in total. The number of carboxylic acids is 1. The second-order valence-corrected chi connectivity index (χ2v) is 5.09. The molecule has 0 radical (unpaired) electrons. The third-order valence-electron chi connectivity index (χ3n) is 3.52. The summed E-state index contributed by atoms with van der Waals surface area (Å²) in [6.45, 7) is 0. The summed E-state index contributed by atoms with van der Waals surface area (Å²) in [6, 6.07) is 21.9. The Labute approximate surface area is 139 Å². The zero-order valence-corrected chi connectivity index (χ0v) is 12.6. The van der Waals surface area contributed by atoms with Crippen LogP contribution >= 0.6 is 0 Å². The lowest BCUT2D eigenvalue weighted by Crippen LogP contribution is -2.23. The zero-order chi connectivity index (χ0) is 16.9. The topological polar surface area (TPSA) is 66.4 Å². The van der Waals surface area contributed by atoms with Crippen LogP contribution in [0, 0.1) is 0 Å². The second-order valence-electron chi connectivity index (χ2n) is 5.09. The van der Waals surface area contributed by atoms with Gasteiger partial charge in [-0.25, -0.2) is 4.79 Å². The van der Waals surface area contributed by atoms with Crippen LogP contribution in [0.5, 0.6) is 5.75 Å². The molecular weight excluding hydrogens is 304 g/mol. The molecule has 3 aromatic rings. The van der Waals surface area contributed by atoms with Crippen molar-refractivity contribution >= 4 is 11.9 Å². The van der Waals surface area contributed by atoms with Gasteiger partial charge in [0, 0.05) is 11.1 Å². The largest absolute Gasteiger partial charge is 0.545 e. The number of hydrogen-bond donors (Lipinski definition) is 0. The number of carbonyl (C=O) groups excluding carboxylic acids is 2. The molecule has 4 heteroatoms. The Hall–Kier alpha value is -3.40. The van der Waals surface area contributed by atoms with Crippen LogP contribution in [0.25, 0.3) is 11.1 Å². The number of hydrogen-bond acceptors (Lipinski definition) is 4. The SMILES string of the molecule is O=C(Oc1cccc(C(=O)[O-])c1-c1ccccc1)c1ccccc1. The van der Waals surface area contributed by atoms with E-state index in [1.807, 2.05) is 6.07 Å². The smallest absolute Gasteiger partial charge is 0.343 e. The number of ether oxygens (including phenoxy) is 1. The van der Waals surface area contributed by atoms with Gasteiger partial charge in [-0.3, -0.25) is 0 Å². The molecular formula is C20H13O4-. The van der Waals surface area contributed by atoms with Crippen LogP contribution in [0.4, 0.5) is 0 Å². The lowest BCUT2D eigenvalue weighted by atomic mass is 9.98. The van der Waals surface area contributed by atoms with Gasteiger partial charge < -0.3 is 14.6 Å². The monoisotopic (exact) mass is 317 g/mol. The Kier molecular flexibility index (Phi) is 4.38. The van der Waals surface area contributed by atoms with Crippen molar-refractivity contribution in [1.82, 2.24) is 0 Å². The van der Waals surface area contributed by atoms with Crippen LogP contribution in [-0.4, -0.2) is 11.9 Å². The maximum atomic E-state index is 12.3. The van der Waals surface area contributed by atoms with E-state index in [0.717, 1.165) is 0 Å². The minimum atomic E-state index is -1.33. The molecule has 0 N–H and O–H groups in total. The quantitative estimate of drug-likeness (QED) is 0.548. The molecule has 0 spiro atoms. The first-order valence-corrected chi connectivity index (χ1v) is 7.34. The summed E-state index contributed by atoms with van der Waals surface area (Å²) in [6.07, 6.45) is 0. The van der Waals surface area contributed by atoms with Gasteiger partial charge in [-0.05, 0) is 23.8 Å². The molecule has 0 saturated carbocycles. The highest BCUT2D eigenvalue weighted by molar-refractivity contribution is 5.98. The molecule has 3 aromatic carbocycles. The number of aromatic carboxylic acids is 1. The van der Waals surface area contributed by atoms with Gasteiger partial charge in [0.05, 0.1) is 11.5 Å². The first-order valence-electron chi connectivity index (χ1n) is 7.34. The fourth-order valence-electron chi connectivity index (χ4n) is 2.42. The molecule has 0 unspecified atom stereocenters. The van der Waals surface area contributed by atoms with Gasteiger partial charge in [0.25, 0.3) is 0 Å². The molecule has 3 rings (SSSR count). The van der Waals surface area contributed by atoms with E-state index in [-0.39, 0.29) is 11.3 Å². The van der Waals surface area contributed by atoms with Gasteiger partial charge in [0.1, 0.15) is 5.75 Å². The van der Waals surface area contributed by atoms with Crippen LogP contribution in [0.1, 0.15) is 20.7 Å². The summed E-state index contributed by atoms with van der Waals surface area (Å²) in [5.41, 5.74) is 1.31. The van der Waals surface area contributed by atoms with Crippen LogP contribution in [-0.2, 0) is 0 Å². The number of rotatable bonds is 4. The van der Waals surface area contributed by atoms with Gasteiger partial charge in [-0.2, -0.15) is 0 Å². The van der Waals surface area contributed by atoms with Crippen molar-refractivity contribution in [2.24, 2.45) is 0 Å². The van der Waals surface area contributed by atoms with Crippen molar-refractivity contribution in [3.8, 4) is 16.9 Å². The van der Waals surface area contributed by atoms with Gasteiger partial charge in [-0.1, -0.05) is 60.7 Å². The first-order chi connectivity index (χ1) is 11.7. The van der Waals surface area contributed by atoms with Crippen molar-refractivity contribution in [2.75, 3.05) is 0 Å². The molecule has 0 saturated heterocycles. The molecule has 0 bridgehead atoms. The summed E-state index contributed by atoms with van der Waals surface area (Å²) < 4.78 is 5.45. The van der Waals surface area contributed by atoms with E-state index in [2.05, 4.69) is 0 Å². The van der Waals surface area contributed by atoms with Crippen molar-refractivity contribution in [3.63, 3.8) is 0 Å². The fraction of sp³-hybridized carbons (Fsp3) is 0. The van der Waals surface area contributed by atoms with Gasteiger partial charge in [0.2, 0.25) is 0 Å². The van der Waals surface area contributed by atoms with E-state index in [0.29, 0.717) is 16.7 Å². The van der Waals surface area contributed by atoms with Crippen LogP contribution in [0.15, 0.2) is 78.9 Å². The predicted octanol–water partition coefficient (Wildman–Crippen LogP) is 2.94. The number of carbonyl (C=O) groups is 2. The average molecular weight is 317 g/mol. The van der Waals surface area contributed by atoms with Crippen molar-refractivity contribution in [3.05, 3.63) is 90.0 Å². The van der Waals surface area contributed by atoms with Crippen molar-refractivity contribution in [2.45, 2.75) is 0 Å². The fourth-order valence-corrected chi connectivity index (χ4v) is 2.42. The predicted molar refractivity (Wildman–Crippen MR) is 87.6 cm³/mol. The Morgan fingerprint density at radius 2 is 1.38 bits per heavy atom. The molecule has 118 valence electrons. The lowest BCUT2D eigenvalue weighted by Gasteiger charge is -2.15. The minimum absolute atomic E-state index is 0.0282. The molecule has 0 heterocycles. The van der Waals surface area contributed by atoms with E-state index in [9.17, 15) is 14.7 Å². The molecule has 0 amide bonds. The van der Waals surface area contributed by atoms with E-state index in [1.165, 1.54) is 12.1 Å². The lowest BCUT2D eigenvalue weighted by molar-refractivity contribution is -0.254. The Morgan fingerprint density at radius 3 is 2.00 bits per heavy atom. The molecule has 24 heavy (non-hydrogen) atoms. The molecule has 0 aliphatic rings. The van der Waals surface area contributed by atoms with Crippen molar-refractivity contribution in [1.29, 1.82) is 0 Å². The standard InChI is InChI=1S/C20H14O4/c21-19(22)16-12-7-13-17(18(16)14-8-3-1-4-9-14)24-20(23)15-10-5-2-6-11-15/h1-13H,(H,21,22)/p-1. The number of esters is 1. The summed E-state index contributed by atoms with van der Waals surface area (Å²) in [5, 5.41) is 11.5. The third-order valence-corrected chi connectivity index (χ3v) is 3.52. The maximum absolute atomic E-state index is 12.3. The molecule has 0 aliphatic heterocycles. The van der Waals surface area contributed by atoms with Crippen molar-refractivity contribution < 1.29 is 19.4 Å². The molecule has 0 fully saturated rings. The summed E-state index contributed by atoms with van der Waals surface area (Å²) >= 11 is 0. The van der Waals surface area contributed by atoms with Gasteiger partial charge >= 0.3 is 5.97 Å². The molecule has 0 aliphatic carbocycles. The van der Waals surface area contributed by atoms with E-state index >= 15 is 0 Å². The Bertz CT molecular complexity index is 871. The molecule has 0 atom stereocenters. The van der Waals surface area contributed by atoms with Crippen LogP contribution < -0.4 is 9.84 Å². The molecule has 0 aromatic heterocycles. The summed E-state index contributed by atoms with van der Waals surface area (Å²) in [5.74, 6) is -1.70. The maximum Gasteiger partial charge on any atom is 0.343 e. The Morgan fingerprint density at radius 1 is 0.750 bits per heavy atom. The van der Waals surface area contributed by atoms with Crippen LogP contribution in [0.3, 0.4) is 0 Å². The normalized spacial score (nSPS) is 10.2. The first kappa shape index (κ1) is 15.5. The Balaban J connectivity index is 2.06. The highest BCUT2D eigenvalue weighted by Crippen LogP contribution is 2.33. The van der Waals surface area contributed by atoms with E-state index in [4.69, 9.17) is 4.74 Å². The third kappa shape index (κ3) is 3.17. The minimum Gasteiger partial charge on any atom is -0.545 e. The number of benzene rings is 3. The highest BCUT2D eigenvalue weighted by atomic mass is 16.5. The zero-order valence-electron chi connectivity index (χ0n) is 12.6. The number of carboxylic acid groups (broad SMARTS) is 1. The second kappa shape index (κ2) is 6.79. The summed E-state index contributed by atoms with van der Waals surface area (Å²) in [7, 11) is 0. The average Bonchev–Trinajstić information content (AvgIpc) is 2.63. The van der Waals surface area contributed by atoms with Gasteiger partial charge in [-0.15, -0.1) is 0 Å². The van der Waals surface area contributed by atoms with Gasteiger partial charge in [0.15, 0.2) is 0 Å². The van der Waals surface area contributed by atoms with E-state index < -0.39 is 11.9 Å². The summed E-state index contributed by atoms with van der Waals surface area (Å²) in [4.78, 5) is 23.7. The van der Waals surface area contributed by atoms with E-state index in [1.54, 1.807) is 60.7 Å². The van der Waals surface area contributed by atoms with Crippen LogP contribution in [0.2, 0.25) is 0 Å².